The molecule has 42 heavy (non-hydrogen) atoms. The minimum atomic E-state index is -4.40. The lowest BCUT2D eigenvalue weighted by Gasteiger charge is -2.28. The van der Waals surface area contributed by atoms with Crippen molar-refractivity contribution in [1.29, 1.82) is 5.26 Å². The van der Waals surface area contributed by atoms with Gasteiger partial charge in [-0.2, -0.15) is 18.4 Å². The Bertz CT molecular complexity index is 1590. The van der Waals surface area contributed by atoms with Crippen LogP contribution in [0, 0.1) is 23.7 Å². The number of hydrazine groups is 2. The number of hydrogen-bond donors (Lipinski definition) is 4. The highest BCUT2D eigenvalue weighted by Crippen LogP contribution is 2.53. The van der Waals surface area contributed by atoms with Gasteiger partial charge in [-0.05, 0) is 43.4 Å². The fourth-order valence-electron chi connectivity index (χ4n) is 4.91. The first-order chi connectivity index (χ1) is 19.8. The molecule has 222 valence electrons. The largest absolute Gasteiger partial charge is 0.481 e. The van der Waals surface area contributed by atoms with Crippen LogP contribution in [0.2, 0.25) is 5.02 Å². The van der Waals surface area contributed by atoms with Gasteiger partial charge in [0.2, 0.25) is 5.88 Å². The summed E-state index contributed by atoms with van der Waals surface area (Å²) in [6.07, 6.45) is -1.48. The summed E-state index contributed by atoms with van der Waals surface area (Å²) >= 11 is 6.70. The van der Waals surface area contributed by atoms with Gasteiger partial charge in [-0.3, -0.25) is 9.99 Å². The molecule has 5 rings (SSSR count). The average molecular weight is 601 g/mol. The van der Waals surface area contributed by atoms with E-state index in [2.05, 4.69) is 58.4 Å². The van der Waals surface area contributed by atoms with Crippen LogP contribution in [0.3, 0.4) is 0 Å². The number of nitrogens with one attached hydrogen (secondary N) is 4. The Balaban J connectivity index is 1.59. The summed E-state index contributed by atoms with van der Waals surface area (Å²) in [6.45, 7) is 8.63. The third kappa shape index (κ3) is 5.58. The Labute approximate surface area is 247 Å². The predicted molar refractivity (Wildman–Crippen MR) is 156 cm³/mol. The van der Waals surface area contributed by atoms with Crippen molar-refractivity contribution in [2.24, 2.45) is 5.41 Å². The molecule has 3 aromatic rings. The van der Waals surface area contributed by atoms with Gasteiger partial charge in [-0.1, -0.05) is 32.4 Å². The van der Waals surface area contributed by atoms with Crippen LogP contribution < -0.4 is 26.3 Å². The van der Waals surface area contributed by atoms with Crippen LogP contribution in [0.4, 0.5) is 24.5 Å². The first-order valence-electron chi connectivity index (χ1n) is 13.4. The summed E-state index contributed by atoms with van der Waals surface area (Å²) in [7, 11) is 1.51. The van der Waals surface area contributed by atoms with Crippen molar-refractivity contribution in [3.63, 3.8) is 0 Å². The van der Waals surface area contributed by atoms with Crippen LogP contribution in [0.5, 0.6) is 5.88 Å². The van der Waals surface area contributed by atoms with E-state index in [1.54, 1.807) is 19.1 Å². The minimum Gasteiger partial charge on any atom is -0.481 e. The number of ether oxygens (including phenoxy) is 1. The normalized spacial score (nSPS) is 16.9. The molecule has 1 unspecified atom stereocenters. The molecular formula is C29H32ClF3N8O. The van der Waals surface area contributed by atoms with Gasteiger partial charge in [0.25, 0.3) is 0 Å². The number of pyridine rings is 2. The molecule has 0 radical (unpaired) electrons. The standard InChI is InChI=1S/C29H32ClF3N8O/c1-16-19(6-7-23(37-16)42-5)26(22-14-41(40-39-22)28(8-9-28)29(31,32)33)38-18-10-20-24(36-15-27(2,3)4)17(12-34)13-35-25(20)21(30)11-18/h6-7,10-11,13-14,26,38-40H,8-9,15H2,1-5H3,(H,35,36). The van der Waals surface area contributed by atoms with Crippen LogP contribution in [0.15, 0.2) is 42.4 Å². The highest BCUT2D eigenvalue weighted by molar-refractivity contribution is 6.35. The maximum absolute atomic E-state index is 13.9. The number of aryl methyl sites for hydroxylation is 1. The van der Waals surface area contributed by atoms with E-state index in [-0.39, 0.29) is 18.3 Å². The van der Waals surface area contributed by atoms with Gasteiger partial charge in [0, 0.05) is 47.3 Å². The summed E-state index contributed by atoms with van der Waals surface area (Å²) in [6, 6.07) is 8.58. The zero-order valence-corrected chi connectivity index (χ0v) is 24.6. The molecule has 3 heterocycles. The number of hydrogen-bond acceptors (Lipinski definition) is 9. The number of benzene rings is 1. The number of anilines is 2. The molecule has 1 fully saturated rings. The average Bonchev–Trinajstić information content (AvgIpc) is 3.61. The lowest BCUT2D eigenvalue weighted by Crippen LogP contribution is -2.52. The third-order valence-corrected chi connectivity index (χ3v) is 7.67. The van der Waals surface area contributed by atoms with Crippen LogP contribution in [0.1, 0.15) is 56.5 Å². The molecule has 2 aromatic heterocycles. The van der Waals surface area contributed by atoms with E-state index in [0.717, 1.165) is 5.01 Å². The van der Waals surface area contributed by atoms with Crippen molar-refractivity contribution in [2.45, 2.75) is 58.3 Å². The summed E-state index contributed by atoms with van der Waals surface area (Å²) in [5.74, 6) is 0.413. The fourth-order valence-corrected chi connectivity index (χ4v) is 5.18. The number of nitrogens with zero attached hydrogens (tertiary/aromatic N) is 4. The van der Waals surface area contributed by atoms with Crippen LogP contribution in [-0.4, -0.2) is 40.3 Å². The highest BCUT2D eigenvalue weighted by atomic mass is 35.5. The number of methoxy groups -OCH3 is 1. The van der Waals surface area contributed by atoms with E-state index in [1.165, 1.54) is 19.5 Å². The summed E-state index contributed by atoms with van der Waals surface area (Å²) in [4.78, 5) is 8.90. The van der Waals surface area contributed by atoms with Gasteiger partial charge in [0.05, 0.1) is 40.6 Å². The molecular weight excluding hydrogens is 569 g/mol. The Morgan fingerprint density at radius 1 is 1.24 bits per heavy atom. The molecule has 1 atom stereocenters. The number of halogens is 4. The first-order valence-corrected chi connectivity index (χ1v) is 13.8. The van der Waals surface area contributed by atoms with Crippen molar-refractivity contribution in [3.8, 4) is 11.9 Å². The van der Waals surface area contributed by atoms with Gasteiger partial charge >= 0.3 is 6.18 Å². The molecule has 1 aliphatic heterocycles. The van der Waals surface area contributed by atoms with Crippen molar-refractivity contribution < 1.29 is 17.9 Å². The van der Waals surface area contributed by atoms with Gasteiger partial charge in [0.1, 0.15) is 6.07 Å². The number of rotatable bonds is 8. The smallest absolute Gasteiger partial charge is 0.413 e. The minimum absolute atomic E-state index is 0.00494. The zero-order chi connectivity index (χ0) is 30.4. The molecule has 0 bridgehead atoms. The quantitative estimate of drug-likeness (QED) is 0.235. The lowest BCUT2D eigenvalue weighted by atomic mass is 9.96. The molecule has 1 saturated carbocycles. The molecule has 1 aliphatic carbocycles. The van der Waals surface area contributed by atoms with Crippen LogP contribution >= 0.6 is 11.6 Å². The van der Waals surface area contributed by atoms with E-state index in [4.69, 9.17) is 16.3 Å². The van der Waals surface area contributed by atoms with Gasteiger partial charge < -0.3 is 20.8 Å². The maximum atomic E-state index is 13.9. The summed E-state index contributed by atoms with van der Waals surface area (Å²) in [5.41, 5.74) is 7.44. The van der Waals surface area contributed by atoms with E-state index in [0.29, 0.717) is 62.2 Å². The maximum Gasteiger partial charge on any atom is 0.413 e. The zero-order valence-electron chi connectivity index (χ0n) is 23.9. The van der Waals surface area contributed by atoms with Crippen LogP contribution in [0.25, 0.3) is 10.9 Å². The molecule has 2 aliphatic rings. The lowest BCUT2D eigenvalue weighted by molar-refractivity contribution is -0.195. The first kappa shape index (κ1) is 29.5. The van der Waals surface area contributed by atoms with Gasteiger partial charge in [0.15, 0.2) is 5.54 Å². The molecule has 9 nitrogen and oxygen atoms in total. The number of aromatic nitrogens is 2. The van der Waals surface area contributed by atoms with Gasteiger partial charge in [-0.15, -0.1) is 5.53 Å². The fraction of sp³-hybridized carbons (Fsp3) is 0.414. The van der Waals surface area contributed by atoms with Crippen molar-refractivity contribution in [3.05, 3.63) is 64.2 Å². The molecule has 0 amide bonds. The second kappa shape index (κ2) is 10.7. The van der Waals surface area contributed by atoms with Gasteiger partial charge in [-0.25, -0.2) is 4.98 Å². The Morgan fingerprint density at radius 2 is 1.98 bits per heavy atom. The SMILES string of the molecule is COc1ccc(C(Nc2cc(Cl)c3ncc(C#N)c(NCC(C)(C)C)c3c2)C2=CN(C3(C(F)(F)F)CC3)NN2)c(C)n1. The number of alkyl halides is 3. The van der Waals surface area contributed by atoms with Crippen molar-refractivity contribution in [2.75, 3.05) is 24.3 Å². The predicted octanol–water partition coefficient (Wildman–Crippen LogP) is 6.34. The topological polar surface area (TPSA) is 110 Å². The molecule has 0 saturated heterocycles. The van der Waals surface area contributed by atoms with Crippen LogP contribution in [-0.2, 0) is 0 Å². The second-order valence-electron chi connectivity index (χ2n) is 11.8. The molecule has 4 N–H and O–H groups in total. The van der Waals surface area contributed by atoms with E-state index in [1.807, 2.05) is 12.1 Å². The van der Waals surface area contributed by atoms with Crippen molar-refractivity contribution in [1.82, 2.24) is 25.9 Å². The van der Waals surface area contributed by atoms with Crippen molar-refractivity contribution >= 4 is 33.9 Å². The van der Waals surface area contributed by atoms with E-state index < -0.39 is 17.8 Å². The number of fused-ring (bicyclic) bond motifs is 1. The third-order valence-electron chi connectivity index (χ3n) is 7.39. The number of nitriles is 1. The Kier molecular flexibility index (Phi) is 7.53. The second-order valence-corrected chi connectivity index (χ2v) is 12.2. The highest BCUT2D eigenvalue weighted by Gasteiger charge is 2.67. The van der Waals surface area contributed by atoms with E-state index >= 15 is 0 Å². The molecule has 0 spiro atoms. The summed E-state index contributed by atoms with van der Waals surface area (Å²) in [5, 5.41) is 18.7. The molecule has 13 heteroatoms. The van der Waals surface area contributed by atoms with E-state index in [9.17, 15) is 18.4 Å². The Morgan fingerprint density at radius 3 is 2.57 bits per heavy atom. The summed E-state index contributed by atoms with van der Waals surface area (Å²) < 4.78 is 46.9. The molecule has 1 aromatic carbocycles. The Hall–Kier alpha value is -3.95. The monoisotopic (exact) mass is 600 g/mol.